The molecular formula is C21H24N2O2. The number of amides is 3. The number of para-hydroxylation sites is 1. The van der Waals surface area contributed by atoms with Gasteiger partial charge in [0, 0.05) is 5.69 Å². The molecule has 1 saturated heterocycles. The summed E-state index contributed by atoms with van der Waals surface area (Å²) in [4.78, 5) is 27.9. The van der Waals surface area contributed by atoms with Gasteiger partial charge in [-0.25, -0.2) is 9.69 Å². The van der Waals surface area contributed by atoms with Crippen molar-refractivity contribution in [3.8, 4) is 0 Å². The number of carbonyl (C=O) groups is 2. The average molecular weight is 336 g/mol. The Kier molecular flexibility index (Phi) is 4.62. The van der Waals surface area contributed by atoms with E-state index in [2.05, 4.69) is 20.8 Å². The molecule has 1 aliphatic heterocycles. The first-order valence-electron chi connectivity index (χ1n) is 8.70. The van der Waals surface area contributed by atoms with Crippen LogP contribution in [-0.2, 0) is 11.2 Å². The van der Waals surface area contributed by atoms with E-state index in [1.807, 2.05) is 54.6 Å². The molecule has 3 rings (SSSR count). The number of hydrogen-bond acceptors (Lipinski definition) is 2. The number of benzene rings is 2. The second kappa shape index (κ2) is 6.71. The molecular weight excluding hydrogens is 312 g/mol. The quantitative estimate of drug-likeness (QED) is 0.746. The second-order valence-corrected chi connectivity index (χ2v) is 7.29. The topological polar surface area (TPSA) is 40.6 Å². The van der Waals surface area contributed by atoms with Gasteiger partial charge in [0.2, 0.25) is 0 Å². The molecule has 0 aromatic heterocycles. The molecule has 2 aromatic rings. The van der Waals surface area contributed by atoms with Crippen molar-refractivity contribution < 1.29 is 9.59 Å². The Morgan fingerprint density at radius 1 is 0.920 bits per heavy atom. The van der Waals surface area contributed by atoms with E-state index < -0.39 is 0 Å². The summed E-state index contributed by atoms with van der Waals surface area (Å²) in [6.07, 6.45) is 2.08. The zero-order valence-electron chi connectivity index (χ0n) is 15.0. The van der Waals surface area contributed by atoms with Crippen LogP contribution in [-0.4, -0.2) is 18.5 Å². The second-order valence-electron chi connectivity index (χ2n) is 7.29. The molecule has 0 spiro atoms. The van der Waals surface area contributed by atoms with E-state index in [4.69, 9.17) is 0 Å². The summed E-state index contributed by atoms with van der Waals surface area (Å²) in [5.74, 6) is -0.199. The molecule has 0 N–H and O–H groups in total. The molecule has 1 heterocycles. The minimum Gasteiger partial charge on any atom is -0.284 e. The predicted octanol–water partition coefficient (Wildman–Crippen LogP) is 4.64. The number of rotatable bonds is 5. The first kappa shape index (κ1) is 17.2. The first-order valence-corrected chi connectivity index (χ1v) is 8.70. The lowest BCUT2D eigenvalue weighted by Crippen LogP contribution is -2.32. The van der Waals surface area contributed by atoms with Crippen LogP contribution in [0.5, 0.6) is 0 Å². The summed E-state index contributed by atoms with van der Waals surface area (Å²) in [6.45, 7) is 6.75. The number of imide groups is 1. The van der Waals surface area contributed by atoms with Crippen LogP contribution in [0.1, 0.15) is 32.8 Å². The van der Waals surface area contributed by atoms with Crippen molar-refractivity contribution in [3.63, 3.8) is 0 Å². The maximum Gasteiger partial charge on any atom is 0.336 e. The standard InChI is InChI=1S/C21H24N2O2/c1-4-21(2,3)14-16-10-12-18(13-11-16)23-19(24)15-22(20(23)25)17-8-6-5-7-9-17/h5-13H,4,14-15H2,1-3H3. The third kappa shape index (κ3) is 3.58. The first-order chi connectivity index (χ1) is 11.9. The van der Waals surface area contributed by atoms with E-state index in [1.54, 1.807) is 0 Å². The van der Waals surface area contributed by atoms with Crippen LogP contribution in [0.25, 0.3) is 0 Å². The number of urea groups is 1. The number of anilines is 2. The highest BCUT2D eigenvalue weighted by molar-refractivity contribution is 6.26. The Morgan fingerprint density at radius 2 is 1.56 bits per heavy atom. The fraction of sp³-hybridized carbons (Fsp3) is 0.333. The van der Waals surface area contributed by atoms with Gasteiger partial charge in [0.05, 0.1) is 5.69 Å². The minimum atomic E-state index is -0.294. The molecule has 130 valence electrons. The predicted molar refractivity (Wildman–Crippen MR) is 101 cm³/mol. The Morgan fingerprint density at radius 3 is 2.16 bits per heavy atom. The summed E-state index contributed by atoms with van der Waals surface area (Å²) >= 11 is 0. The maximum atomic E-state index is 12.7. The zero-order chi connectivity index (χ0) is 18.0. The van der Waals surface area contributed by atoms with Crippen molar-refractivity contribution in [1.82, 2.24) is 0 Å². The molecule has 25 heavy (non-hydrogen) atoms. The fourth-order valence-corrected chi connectivity index (χ4v) is 3.01. The smallest absolute Gasteiger partial charge is 0.284 e. The van der Waals surface area contributed by atoms with Crippen molar-refractivity contribution in [2.24, 2.45) is 5.41 Å². The highest BCUT2D eigenvalue weighted by Crippen LogP contribution is 2.29. The molecule has 2 aromatic carbocycles. The van der Waals surface area contributed by atoms with Crippen molar-refractivity contribution in [2.45, 2.75) is 33.6 Å². The monoisotopic (exact) mass is 336 g/mol. The number of hydrogen-bond donors (Lipinski definition) is 0. The summed E-state index contributed by atoms with van der Waals surface area (Å²) in [7, 11) is 0. The van der Waals surface area contributed by atoms with Gasteiger partial charge in [-0.05, 0) is 41.7 Å². The summed E-state index contributed by atoms with van der Waals surface area (Å²) in [5.41, 5.74) is 2.83. The lowest BCUT2D eigenvalue weighted by atomic mass is 9.83. The molecule has 0 radical (unpaired) electrons. The highest BCUT2D eigenvalue weighted by atomic mass is 16.2. The Labute approximate surface area is 149 Å². The van der Waals surface area contributed by atoms with Gasteiger partial charge >= 0.3 is 6.03 Å². The molecule has 0 unspecified atom stereocenters. The van der Waals surface area contributed by atoms with Crippen molar-refractivity contribution in [3.05, 3.63) is 60.2 Å². The lowest BCUT2D eigenvalue weighted by Gasteiger charge is -2.23. The van der Waals surface area contributed by atoms with Crippen LogP contribution in [0.2, 0.25) is 0 Å². The van der Waals surface area contributed by atoms with E-state index >= 15 is 0 Å². The number of carbonyl (C=O) groups excluding carboxylic acids is 2. The molecule has 3 amide bonds. The van der Waals surface area contributed by atoms with Gasteiger partial charge in [-0.3, -0.25) is 9.69 Å². The van der Waals surface area contributed by atoms with Crippen LogP contribution in [0.15, 0.2) is 54.6 Å². The molecule has 1 fully saturated rings. The Balaban J connectivity index is 1.80. The maximum absolute atomic E-state index is 12.7. The van der Waals surface area contributed by atoms with Crippen molar-refractivity contribution in [1.29, 1.82) is 0 Å². The third-order valence-electron chi connectivity index (χ3n) is 4.87. The third-order valence-corrected chi connectivity index (χ3v) is 4.87. The number of nitrogens with zero attached hydrogens (tertiary/aromatic N) is 2. The van der Waals surface area contributed by atoms with Crippen molar-refractivity contribution in [2.75, 3.05) is 16.3 Å². The average Bonchev–Trinajstić information content (AvgIpc) is 2.91. The molecule has 0 atom stereocenters. The zero-order valence-corrected chi connectivity index (χ0v) is 15.0. The van der Waals surface area contributed by atoms with Crippen LogP contribution >= 0.6 is 0 Å². The van der Waals surface area contributed by atoms with Gasteiger partial charge in [-0.2, -0.15) is 0 Å². The molecule has 0 aliphatic carbocycles. The van der Waals surface area contributed by atoms with Crippen LogP contribution in [0.3, 0.4) is 0 Å². The fourth-order valence-electron chi connectivity index (χ4n) is 3.01. The van der Waals surface area contributed by atoms with Crippen LogP contribution in [0, 0.1) is 5.41 Å². The summed E-state index contributed by atoms with van der Waals surface area (Å²) < 4.78 is 0. The SMILES string of the molecule is CCC(C)(C)Cc1ccc(N2C(=O)CN(c3ccccc3)C2=O)cc1. The van der Waals surface area contributed by atoms with Gasteiger partial charge in [0.1, 0.15) is 6.54 Å². The normalized spacial score (nSPS) is 15.2. The molecule has 1 aliphatic rings. The lowest BCUT2D eigenvalue weighted by molar-refractivity contribution is -0.115. The molecule has 4 nitrogen and oxygen atoms in total. The van der Waals surface area contributed by atoms with E-state index in [0.29, 0.717) is 5.69 Å². The van der Waals surface area contributed by atoms with Crippen molar-refractivity contribution >= 4 is 23.3 Å². The van der Waals surface area contributed by atoms with Gasteiger partial charge in [-0.1, -0.05) is 57.5 Å². The van der Waals surface area contributed by atoms with E-state index in [9.17, 15) is 9.59 Å². The van der Waals surface area contributed by atoms with Gasteiger partial charge in [-0.15, -0.1) is 0 Å². The van der Waals surface area contributed by atoms with Gasteiger partial charge in [0.15, 0.2) is 0 Å². The molecule has 0 bridgehead atoms. The highest BCUT2D eigenvalue weighted by Gasteiger charge is 2.37. The minimum absolute atomic E-state index is 0.0768. The molecule has 4 heteroatoms. The van der Waals surface area contributed by atoms with E-state index in [-0.39, 0.29) is 23.9 Å². The van der Waals surface area contributed by atoms with E-state index in [0.717, 1.165) is 18.5 Å². The Bertz CT molecular complexity index is 766. The molecule has 0 saturated carbocycles. The van der Waals surface area contributed by atoms with Gasteiger partial charge in [0.25, 0.3) is 5.91 Å². The largest absolute Gasteiger partial charge is 0.336 e. The van der Waals surface area contributed by atoms with E-state index in [1.165, 1.54) is 15.4 Å². The summed E-state index contributed by atoms with van der Waals surface area (Å²) in [5, 5.41) is 0. The van der Waals surface area contributed by atoms with Crippen LogP contribution < -0.4 is 9.80 Å². The van der Waals surface area contributed by atoms with Gasteiger partial charge < -0.3 is 0 Å². The summed E-state index contributed by atoms with van der Waals surface area (Å²) in [6, 6.07) is 16.8. The van der Waals surface area contributed by atoms with Crippen LogP contribution in [0.4, 0.5) is 16.2 Å². The Hall–Kier alpha value is -2.62.